The van der Waals surface area contributed by atoms with E-state index >= 15 is 0 Å². The van der Waals surface area contributed by atoms with Crippen LogP contribution in [0.1, 0.15) is 44.1 Å². The van der Waals surface area contributed by atoms with E-state index in [1.807, 2.05) is 0 Å². The van der Waals surface area contributed by atoms with Crippen molar-refractivity contribution in [1.82, 2.24) is 0 Å². The van der Waals surface area contributed by atoms with Gasteiger partial charge in [-0.15, -0.1) is 0 Å². The highest BCUT2D eigenvalue weighted by Gasteiger charge is 2.03. The molecular formula is C15H20O3. The van der Waals surface area contributed by atoms with Crippen molar-refractivity contribution in [3.8, 4) is 0 Å². The third-order valence-electron chi connectivity index (χ3n) is 2.94. The first kappa shape index (κ1) is 14.3. The molecule has 0 unspecified atom stereocenters. The van der Waals surface area contributed by atoms with E-state index in [4.69, 9.17) is 15.0 Å². The molecule has 0 bridgehead atoms. The average Bonchev–Trinajstić information content (AvgIpc) is 2.29. The van der Waals surface area contributed by atoms with Gasteiger partial charge in [-0.2, -0.15) is 0 Å². The second-order valence-electron chi connectivity index (χ2n) is 4.33. The highest BCUT2D eigenvalue weighted by Crippen LogP contribution is 2.24. The summed E-state index contributed by atoms with van der Waals surface area (Å²) < 4.78 is 0. The lowest BCUT2D eigenvalue weighted by Crippen LogP contribution is -1.89. The molecule has 0 saturated carbocycles. The summed E-state index contributed by atoms with van der Waals surface area (Å²) in [6.45, 7) is 0. The van der Waals surface area contributed by atoms with Crippen LogP contribution >= 0.6 is 0 Å². The maximum Gasteiger partial charge on any atom is 0.503 e. The quantitative estimate of drug-likeness (QED) is 0.760. The molecular weight excluding hydrogens is 228 g/mol. The van der Waals surface area contributed by atoms with Gasteiger partial charge < -0.3 is 10.2 Å². The van der Waals surface area contributed by atoms with Crippen LogP contribution in [0.15, 0.2) is 36.4 Å². The highest BCUT2D eigenvalue weighted by molar-refractivity contribution is 5.65. The Morgan fingerprint density at radius 2 is 1.56 bits per heavy atom. The summed E-state index contributed by atoms with van der Waals surface area (Å²) in [4.78, 5) is 8.56. The van der Waals surface area contributed by atoms with E-state index in [1.165, 1.54) is 44.1 Å². The summed E-state index contributed by atoms with van der Waals surface area (Å²) in [7, 11) is 0. The maximum atomic E-state index is 8.56. The molecule has 0 atom stereocenters. The normalized spacial score (nSPS) is 15.4. The van der Waals surface area contributed by atoms with E-state index in [0.29, 0.717) is 0 Å². The predicted molar refractivity (Wildman–Crippen MR) is 72.8 cm³/mol. The minimum Gasteiger partial charge on any atom is -0.450 e. The molecule has 0 fully saturated rings. The number of carbonyl (C=O) groups is 1. The first-order valence-electron chi connectivity index (χ1n) is 6.36. The number of hydrogen-bond acceptors (Lipinski definition) is 1. The van der Waals surface area contributed by atoms with Crippen LogP contribution in [0.3, 0.4) is 0 Å². The molecule has 1 aromatic rings. The fourth-order valence-corrected chi connectivity index (χ4v) is 2.11. The van der Waals surface area contributed by atoms with Gasteiger partial charge in [0, 0.05) is 0 Å². The molecule has 3 nitrogen and oxygen atoms in total. The zero-order chi connectivity index (χ0) is 13.2. The molecule has 0 radical (unpaired) electrons. The lowest BCUT2D eigenvalue weighted by atomic mass is 9.95. The molecule has 0 amide bonds. The van der Waals surface area contributed by atoms with Crippen molar-refractivity contribution in [3.63, 3.8) is 0 Å². The summed E-state index contributed by atoms with van der Waals surface area (Å²) in [5.74, 6) is 0. The SMILES string of the molecule is C1=C(c2ccccc2)CCCCCC1.O=C(O)O. The summed E-state index contributed by atoms with van der Waals surface area (Å²) >= 11 is 0. The Kier molecular flexibility index (Phi) is 6.62. The molecule has 98 valence electrons. The van der Waals surface area contributed by atoms with Crippen LogP contribution in [-0.2, 0) is 0 Å². The monoisotopic (exact) mass is 248 g/mol. The molecule has 1 aliphatic rings. The van der Waals surface area contributed by atoms with Gasteiger partial charge in [-0.05, 0) is 36.8 Å². The number of carboxylic acid groups (broad SMARTS) is 2. The van der Waals surface area contributed by atoms with Crippen LogP contribution in [0.25, 0.3) is 5.57 Å². The van der Waals surface area contributed by atoms with Gasteiger partial charge in [0.05, 0.1) is 0 Å². The molecule has 0 saturated heterocycles. The summed E-state index contributed by atoms with van der Waals surface area (Å²) in [6, 6.07) is 10.8. The Morgan fingerprint density at radius 1 is 0.944 bits per heavy atom. The van der Waals surface area contributed by atoms with E-state index in [1.54, 1.807) is 5.57 Å². The molecule has 3 heteroatoms. The van der Waals surface area contributed by atoms with Crippen LogP contribution in [0.2, 0.25) is 0 Å². The van der Waals surface area contributed by atoms with E-state index in [0.717, 1.165) is 0 Å². The van der Waals surface area contributed by atoms with Crippen molar-refractivity contribution < 1.29 is 15.0 Å². The summed E-state index contributed by atoms with van der Waals surface area (Å²) in [5, 5.41) is 13.9. The third-order valence-corrected chi connectivity index (χ3v) is 2.94. The van der Waals surface area contributed by atoms with Crippen molar-refractivity contribution in [2.75, 3.05) is 0 Å². The van der Waals surface area contributed by atoms with Crippen LogP contribution in [0.4, 0.5) is 4.79 Å². The number of benzene rings is 1. The van der Waals surface area contributed by atoms with Crippen LogP contribution in [-0.4, -0.2) is 16.4 Å². The second kappa shape index (κ2) is 8.34. The average molecular weight is 248 g/mol. The fraction of sp³-hybridized carbons (Fsp3) is 0.400. The minimum absolute atomic E-state index is 1.27. The Hall–Kier alpha value is -1.77. The van der Waals surface area contributed by atoms with Crippen molar-refractivity contribution in [3.05, 3.63) is 42.0 Å². The number of allylic oxidation sites excluding steroid dienone is 2. The zero-order valence-corrected chi connectivity index (χ0v) is 10.5. The van der Waals surface area contributed by atoms with E-state index < -0.39 is 6.16 Å². The fourth-order valence-electron chi connectivity index (χ4n) is 2.11. The molecule has 0 heterocycles. The summed E-state index contributed by atoms with van der Waals surface area (Å²) in [6.07, 6.45) is 8.70. The van der Waals surface area contributed by atoms with Gasteiger partial charge in [0.25, 0.3) is 0 Å². The van der Waals surface area contributed by atoms with E-state index in [2.05, 4.69) is 36.4 Å². The lowest BCUT2D eigenvalue weighted by Gasteiger charge is -2.11. The molecule has 1 aromatic carbocycles. The predicted octanol–water partition coefficient (Wildman–Crippen LogP) is 4.65. The van der Waals surface area contributed by atoms with Gasteiger partial charge >= 0.3 is 6.16 Å². The molecule has 18 heavy (non-hydrogen) atoms. The zero-order valence-electron chi connectivity index (χ0n) is 10.5. The van der Waals surface area contributed by atoms with Crippen molar-refractivity contribution in [2.45, 2.75) is 38.5 Å². The van der Waals surface area contributed by atoms with Gasteiger partial charge in [0.1, 0.15) is 0 Å². The van der Waals surface area contributed by atoms with E-state index in [9.17, 15) is 0 Å². The maximum absolute atomic E-state index is 8.56. The smallest absolute Gasteiger partial charge is 0.450 e. The molecule has 1 aliphatic carbocycles. The van der Waals surface area contributed by atoms with Crippen LogP contribution in [0, 0.1) is 0 Å². The van der Waals surface area contributed by atoms with Crippen LogP contribution < -0.4 is 0 Å². The number of rotatable bonds is 1. The Labute approximate surface area is 108 Å². The minimum atomic E-state index is -1.83. The Bertz CT molecular complexity index is 378. The Balaban J connectivity index is 0.000000357. The molecule has 2 rings (SSSR count). The molecule has 2 N–H and O–H groups in total. The highest BCUT2D eigenvalue weighted by atomic mass is 16.6. The van der Waals surface area contributed by atoms with Crippen molar-refractivity contribution in [2.24, 2.45) is 0 Å². The molecule has 0 aliphatic heterocycles. The van der Waals surface area contributed by atoms with Gasteiger partial charge in [-0.1, -0.05) is 49.2 Å². The van der Waals surface area contributed by atoms with Crippen molar-refractivity contribution in [1.29, 1.82) is 0 Å². The third kappa shape index (κ3) is 6.09. The van der Waals surface area contributed by atoms with Gasteiger partial charge in [0.2, 0.25) is 0 Å². The molecule has 0 aromatic heterocycles. The first-order valence-corrected chi connectivity index (χ1v) is 6.36. The Morgan fingerprint density at radius 3 is 2.22 bits per heavy atom. The second-order valence-corrected chi connectivity index (χ2v) is 4.33. The topological polar surface area (TPSA) is 57.5 Å². The van der Waals surface area contributed by atoms with Gasteiger partial charge in [-0.3, -0.25) is 0 Å². The standard InChI is InChI=1S/C14H18.CH2O3/c1-2-5-9-13(10-6-3-1)14-11-7-4-8-12-14;2-1(3)4/h4,7-9,11-12H,1-3,5-6,10H2;(H2,2,3,4). The van der Waals surface area contributed by atoms with Gasteiger partial charge in [-0.25, -0.2) is 4.79 Å². The number of hydrogen-bond donors (Lipinski definition) is 2. The molecule has 0 spiro atoms. The largest absolute Gasteiger partial charge is 0.503 e. The van der Waals surface area contributed by atoms with Gasteiger partial charge in [0.15, 0.2) is 0 Å². The van der Waals surface area contributed by atoms with E-state index in [-0.39, 0.29) is 0 Å². The van der Waals surface area contributed by atoms with Crippen molar-refractivity contribution >= 4 is 11.7 Å². The van der Waals surface area contributed by atoms with Crippen LogP contribution in [0.5, 0.6) is 0 Å². The lowest BCUT2D eigenvalue weighted by molar-refractivity contribution is 0.137. The summed E-state index contributed by atoms with van der Waals surface area (Å²) in [5.41, 5.74) is 2.99. The first-order chi connectivity index (χ1) is 8.70.